The van der Waals surface area contributed by atoms with Gasteiger partial charge >= 0.3 is 6.18 Å². The minimum atomic E-state index is -4.48. The van der Waals surface area contributed by atoms with E-state index in [4.69, 9.17) is 5.73 Å². The zero-order valence-corrected chi connectivity index (χ0v) is 20.3. The van der Waals surface area contributed by atoms with Crippen molar-refractivity contribution < 1.29 is 21.6 Å². The highest BCUT2D eigenvalue weighted by atomic mass is 32.2. The fourth-order valence-electron chi connectivity index (χ4n) is 6.44. The first kappa shape index (κ1) is 23.8. The van der Waals surface area contributed by atoms with E-state index >= 15 is 0 Å². The lowest BCUT2D eigenvalue weighted by atomic mass is 9.91. The molecule has 4 fully saturated rings. The highest BCUT2D eigenvalue weighted by Gasteiger charge is 2.59. The van der Waals surface area contributed by atoms with Crippen LogP contribution in [-0.2, 0) is 16.0 Å². The summed E-state index contributed by atoms with van der Waals surface area (Å²) in [7, 11) is -2.81. The second kappa shape index (κ2) is 8.08. The molecule has 3 heterocycles. The smallest absolute Gasteiger partial charge is 0.382 e. The van der Waals surface area contributed by atoms with Crippen molar-refractivity contribution in [1.82, 2.24) is 14.9 Å². The van der Waals surface area contributed by atoms with Crippen molar-refractivity contribution in [3.63, 3.8) is 0 Å². The number of amidine groups is 1. The van der Waals surface area contributed by atoms with Crippen LogP contribution in [0.4, 0.5) is 13.2 Å². The molecule has 1 aromatic rings. The summed E-state index contributed by atoms with van der Waals surface area (Å²) in [5.74, 6) is 2.49. The van der Waals surface area contributed by atoms with Crippen molar-refractivity contribution in [3.05, 3.63) is 29.6 Å². The van der Waals surface area contributed by atoms with E-state index in [1.807, 2.05) is 18.9 Å². The molecule has 5 rings (SSSR count). The summed E-state index contributed by atoms with van der Waals surface area (Å²) in [6, 6.07) is 1.58. The van der Waals surface area contributed by atoms with Crippen LogP contribution in [0.1, 0.15) is 44.2 Å². The molecule has 0 bridgehead atoms. The zero-order chi connectivity index (χ0) is 24.5. The molecule has 188 valence electrons. The van der Waals surface area contributed by atoms with Crippen molar-refractivity contribution in [2.24, 2.45) is 34.0 Å². The molecule has 2 N–H and O–H groups in total. The number of rotatable bonds is 6. The first-order chi connectivity index (χ1) is 15.9. The van der Waals surface area contributed by atoms with Crippen LogP contribution in [0.25, 0.3) is 0 Å². The lowest BCUT2D eigenvalue weighted by Gasteiger charge is -2.38. The molecule has 2 saturated carbocycles. The van der Waals surface area contributed by atoms with Crippen LogP contribution in [0, 0.1) is 23.2 Å². The molecule has 4 atom stereocenters. The van der Waals surface area contributed by atoms with Gasteiger partial charge in [-0.05, 0) is 63.5 Å². The lowest BCUT2D eigenvalue weighted by molar-refractivity contribution is -0.137. The maximum Gasteiger partial charge on any atom is 0.417 e. The average Bonchev–Trinajstić information content (AvgIpc) is 3.08. The Kier molecular flexibility index (Phi) is 5.66. The van der Waals surface area contributed by atoms with Gasteiger partial charge in [0, 0.05) is 48.5 Å². The van der Waals surface area contributed by atoms with Gasteiger partial charge in [0.2, 0.25) is 0 Å². The Balaban J connectivity index is 1.18. The molecule has 2 saturated heterocycles. The summed E-state index contributed by atoms with van der Waals surface area (Å²) >= 11 is 0. The Morgan fingerprint density at radius 1 is 1.29 bits per heavy atom. The molecule has 7 nitrogen and oxygen atoms in total. The van der Waals surface area contributed by atoms with Crippen LogP contribution in [-0.4, -0.2) is 72.4 Å². The number of nitrogens with two attached hydrogens (primary N) is 1. The van der Waals surface area contributed by atoms with Crippen molar-refractivity contribution in [2.75, 3.05) is 31.1 Å². The van der Waals surface area contributed by atoms with Crippen molar-refractivity contribution in [3.8, 4) is 0 Å². The number of aromatic nitrogens is 1. The second-order valence-corrected chi connectivity index (χ2v) is 13.1. The summed E-state index contributed by atoms with van der Waals surface area (Å²) in [5.41, 5.74) is 5.40. The van der Waals surface area contributed by atoms with E-state index in [9.17, 15) is 21.6 Å². The van der Waals surface area contributed by atoms with Crippen molar-refractivity contribution in [2.45, 2.75) is 51.4 Å². The van der Waals surface area contributed by atoms with Gasteiger partial charge < -0.3 is 5.73 Å². The van der Waals surface area contributed by atoms with E-state index in [1.54, 1.807) is 0 Å². The number of hydrogen-bond donors (Lipinski definition) is 1. The van der Waals surface area contributed by atoms with Crippen LogP contribution >= 0.6 is 0 Å². The third-order valence-electron chi connectivity index (χ3n) is 8.23. The Morgan fingerprint density at radius 2 is 1.97 bits per heavy atom. The molecule has 0 radical (unpaired) electrons. The number of halogens is 3. The quantitative estimate of drug-likeness (QED) is 0.368. The molecule has 0 aromatic carbocycles. The lowest BCUT2D eigenvalue weighted by Crippen LogP contribution is -2.50. The SMILES string of the molecule is CC(C)N(C[C@H]1[C@@H]2C[C@@H](N3CCC4(C3)CS(=O)(=O)C4)C[C@@H]21)/N=C(\N)c1cncc(C(F)(F)F)c1. The van der Waals surface area contributed by atoms with Gasteiger partial charge in [-0.15, -0.1) is 0 Å². The van der Waals surface area contributed by atoms with E-state index in [0.29, 0.717) is 35.3 Å². The molecule has 1 aromatic heterocycles. The van der Waals surface area contributed by atoms with Gasteiger partial charge in [0.25, 0.3) is 0 Å². The van der Waals surface area contributed by atoms with E-state index in [0.717, 1.165) is 51.2 Å². The second-order valence-electron chi connectivity index (χ2n) is 11.0. The normalized spacial score (nSPS) is 32.1. The van der Waals surface area contributed by atoms with E-state index < -0.39 is 21.6 Å². The number of hydrazone groups is 1. The van der Waals surface area contributed by atoms with Crippen LogP contribution in [0.5, 0.6) is 0 Å². The molecule has 11 heteroatoms. The number of fused-ring (bicyclic) bond motifs is 1. The number of pyridine rings is 1. The number of sulfone groups is 1. The summed E-state index contributed by atoms with van der Waals surface area (Å²) < 4.78 is 62.4. The summed E-state index contributed by atoms with van der Waals surface area (Å²) in [6.45, 7) is 6.63. The predicted octanol–water partition coefficient (Wildman–Crippen LogP) is 2.58. The van der Waals surface area contributed by atoms with Gasteiger partial charge in [-0.1, -0.05) is 0 Å². The summed E-state index contributed by atoms with van der Waals surface area (Å²) in [5, 5.41) is 6.36. The minimum Gasteiger partial charge on any atom is -0.382 e. The molecule has 34 heavy (non-hydrogen) atoms. The fourth-order valence-corrected chi connectivity index (χ4v) is 8.69. The highest BCUT2D eigenvalue weighted by molar-refractivity contribution is 7.92. The van der Waals surface area contributed by atoms with Crippen LogP contribution in [0.3, 0.4) is 0 Å². The van der Waals surface area contributed by atoms with Gasteiger partial charge in [-0.25, -0.2) is 8.42 Å². The Morgan fingerprint density at radius 3 is 2.56 bits per heavy atom. The number of nitrogens with zero attached hydrogens (tertiary/aromatic N) is 4. The largest absolute Gasteiger partial charge is 0.417 e. The molecule has 0 unspecified atom stereocenters. The van der Waals surface area contributed by atoms with Gasteiger partial charge in [-0.3, -0.25) is 14.9 Å². The van der Waals surface area contributed by atoms with Gasteiger partial charge in [-0.2, -0.15) is 18.3 Å². The maximum atomic E-state index is 13.0. The summed E-state index contributed by atoms with van der Waals surface area (Å²) in [6.07, 6.45) is 0.845. The number of likely N-dealkylation sites (tertiary alicyclic amines) is 1. The third-order valence-corrected chi connectivity index (χ3v) is 10.3. The van der Waals surface area contributed by atoms with Crippen LogP contribution < -0.4 is 5.73 Å². The van der Waals surface area contributed by atoms with Gasteiger partial charge in [0.1, 0.15) is 0 Å². The molecule has 1 spiro atoms. The number of hydrogen-bond acceptors (Lipinski definition) is 6. The van der Waals surface area contributed by atoms with Crippen molar-refractivity contribution >= 4 is 15.7 Å². The topological polar surface area (TPSA) is 91.9 Å². The third kappa shape index (κ3) is 4.53. The average molecular weight is 500 g/mol. The van der Waals surface area contributed by atoms with E-state index in [1.165, 1.54) is 6.20 Å². The maximum absolute atomic E-state index is 13.0. The highest BCUT2D eigenvalue weighted by Crippen LogP contribution is 2.59. The molecular weight excluding hydrogens is 467 g/mol. The Labute approximate surface area is 198 Å². The molecule has 4 aliphatic rings. The predicted molar refractivity (Wildman–Crippen MR) is 123 cm³/mol. The standard InChI is InChI=1S/C23H32F3N5O2S/c1-14(2)31(29-21(27)15-5-16(9-28-8-15)23(24,25)26)10-20-18-6-17(7-19(18)20)30-4-3-22(11-30)12-34(32,33)13-22/h5,8-9,14,17-20H,3-4,6-7,10-13H2,1-2H3,(H2,27,29)/t17-,18-,19+,20+. The first-order valence-electron chi connectivity index (χ1n) is 11.9. The molecule has 2 aliphatic heterocycles. The molecule has 0 amide bonds. The molecule has 2 aliphatic carbocycles. The number of alkyl halides is 3. The van der Waals surface area contributed by atoms with E-state index in [-0.39, 0.29) is 22.9 Å². The minimum absolute atomic E-state index is 0.00394. The zero-order valence-electron chi connectivity index (χ0n) is 19.5. The Hall–Kier alpha value is -1.88. The van der Waals surface area contributed by atoms with Gasteiger partial charge in [0.05, 0.1) is 17.1 Å². The van der Waals surface area contributed by atoms with Crippen LogP contribution in [0.2, 0.25) is 0 Å². The first-order valence-corrected chi connectivity index (χ1v) is 13.8. The van der Waals surface area contributed by atoms with Crippen molar-refractivity contribution in [1.29, 1.82) is 0 Å². The van der Waals surface area contributed by atoms with Crippen LogP contribution in [0.15, 0.2) is 23.6 Å². The summed E-state index contributed by atoms with van der Waals surface area (Å²) in [4.78, 5) is 6.19. The van der Waals surface area contributed by atoms with Gasteiger partial charge in [0.15, 0.2) is 15.7 Å². The Bertz CT molecular complexity index is 1070. The monoisotopic (exact) mass is 499 g/mol. The fraction of sp³-hybridized carbons (Fsp3) is 0.739. The van der Waals surface area contributed by atoms with E-state index in [2.05, 4.69) is 15.0 Å². The molecular formula is C23H32F3N5O2S.